The van der Waals surface area contributed by atoms with Crippen LogP contribution in [0.15, 0.2) is 0 Å². The summed E-state index contributed by atoms with van der Waals surface area (Å²) >= 11 is 5.10. The number of hydrogen-bond donors (Lipinski definition) is 0. The van der Waals surface area contributed by atoms with Gasteiger partial charge in [-0.15, -0.1) is 0 Å². The lowest BCUT2D eigenvalue weighted by Gasteiger charge is -2.36. The second-order valence-corrected chi connectivity index (χ2v) is 6.04. The standard InChI is InChI=1S/C6H9O5PS/c1-7-6-5-4-3(2-8-6)9-12(13,10-4)11-5/h3-6H,2H2,1H3. The molecule has 7 heteroatoms. The Labute approximate surface area is 80.5 Å². The maximum Gasteiger partial charge on any atom is 0.328 e. The molecular formula is C6H9O5PS. The summed E-state index contributed by atoms with van der Waals surface area (Å²) in [5.74, 6) is 0. The zero-order valence-corrected chi connectivity index (χ0v) is 8.62. The van der Waals surface area contributed by atoms with Crippen molar-refractivity contribution in [3.8, 4) is 0 Å². The van der Waals surface area contributed by atoms with Gasteiger partial charge >= 0.3 is 6.72 Å². The molecule has 3 heterocycles. The SMILES string of the molecule is COC1OCC2OP3(=S)OC2C1O3. The van der Waals surface area contributed by atoms with Crippen LogP contribution in [0.5, 0.6) is 0 Å². The van der Waals surface area contributed by atoms with Crippen molar-refractivity contribution in [3.05, 3.63) is 0 Å². The summed E-state index contributed by atoms with van der Waals surface area (Å²) in [6, 6.07) is 0. The lowest BCUT2D eigenvalue weighted by Crippen LogP contribution is -2.52. The van der Waals surface area contributed by atoms with E-state index in [0.717, 1.165) is 0 Å². The summed E-state index contributed by atoms with van der Waals surface area (Å²) in [6.07, 6.45) is -0.723. The fourth-order valence-corrected chi connectivity index (χ4v) is 4.48. The van der Waals surface area contributed by atoms with Crippen LogP contribution in [0.3, 0.4) is 0 Å². The Hall–Kier alpha value is 0.450. The molecule has 3 aliphatic heterocycles. The first-order valence-corrected chi connectivity index (χ1v) is 6.57. The summed E-state index contributed by atoms with van der Waals surface area (Å²) in [5, 5.41) is 0. The topological polar surface area (TPSA) is 46.2 Å². The quantitative estimate of drug-likeness (QED) is 0.601. The van der Waals surface area contributed by atoms with E-state index in [1.165, 1.54) is 0 Å². The summed E-state index contributed by atoms with van der Waals surface area (Å²) < 4.78 is 26.8. The largest absolute Gasteiger partial charge is 0.353 e. The normalized spacial score (nSPS) is 58.5. The van der Waals surface area contributed by atoms with Gasteiger partial charge in [-0.3, -0.25) is 13.6 Å². The van der Waals surface area contributed by atoms with E-state index in [-0.39, 0.29) is 24.6 Å². The van der Waals surface area contributed by atoms with Gasteiger partial charge in [-0.05, 0) is 11.8 Å². The third-order valence-corrected chi connectivity index (χ3v) is 4.69. The van der Waals surface area contributed by atoms with E-state index in [9.17, 15) is 0 Å². The Kier molecular flexibility index (Phi) is 1.83. The van der Waals surface area contributed by atoms with Crippen LogP contribution in [0.25, 0.3) is 0 Å². The third kappa shape index (κ3) is 1.15. The fourth-order valence-electron chi connectivity index (χ4n) is 1.81. The third-order valence-electron chi connectivity index (χ3n) is 2.38. The highest BCUT2D eigenvalue weighted by Crippen LogP contribution is 2.66. The number of methoxy groups -OCH3 is 1. The van der Waals surface area contributed by atoms with Gasteiger partial charge in [-0.1, -0.05) is 0 Å². The van der Waals surface area contributed by atoms with Gasteiger partial charge in [0.05, 0.1) is 6.61 Å². The van der Waals surface area contributed by atoms with Gasteiger partial charge in [0.1, 0.15) is 18.3 Å². The number of hydrogen-bond acceptors (Lipinski definition) is 6. The van der Waals surface area contributed by atoms with Crippen LogP contribution in [-0.2, 0) is 34.9 Å². The van der Waals surface area contributed by atoms with Crippen molar-refractivity contribution in [1.29, 1.82) is 0 Å². The maximum atomic E-state index is 5.48. The molecule has 5 nitrogen and oxygen atoms in total. The van der Waals surface area contributed by atoms with E-state index in [2.05, 4.69) is 0 Å². The van der Waals surface area contributed by atoms with Crippen LogP contribution >= 0.6 is 6.72 Å². The molecule has 74 valence electrons. The number of ether oxygens (including phenoxy) is 2. The van der Waals surface area contributed by atoms with Crippen molar-refractivity contribution in [2.24, 2.45) is 0 Å². The van der Waals surface area contributed by atoms with Crippen LogP contribution < -0.4 is 0 Å². The van der Waals surface area contributed by atoms with Crippen molar-refractivity contribution in [1.82, 2.24) is 0 Å². The summed E-state index contributed by atoms with van der Waals surface area (Å²) in [7, 11) is 1.58. The summed E-state index contributed by atoms with van der Waals surface area (Å²) in [6.45, 7) is -1.96. The second-order valence-electron chi connectivity index (χ2n) is 3.17. The van der Waals surface area contributed by atoms with Crippen LogP contribution in [0.1, 0.15) is 0 Å². The molecule has 0 N–H and O–H groups in total. The predicted molar refractivity (Wildman–Crippen MR) is 45.7 cm³/mol. The highest BCUT2D eigenvalue weighted by atomic mass is 32.5. The molecule has 13 heavy (non-hydrogen) atoms. The van der Waals surface area contributed by atoms with Crippen molar-refractivity contribution in [2.75, 3.05) is 13.7 Å². The lowest BCUT2D eigenvalue weighted by atomic mass is 10.1. The van der Waals surface area contributed by atoms with Crippen molar-refractivity contribution in [2.45, 2.75) is 24.6 Å². The van der Waals surface area contributed by atoms with Gasteiger partial charge in [-0.2, -0.15) is 0 Å². The molecule has 0 aliphatic carbocycles. The van der Waals surface area contributed by atoms with Crippen molar-refractivity contribution < 1.29 is 23.0 Å². The van der Waals surface area contributed by atoms with Gasteiger partial charge in [0.25, 0.3) is 0 Å². The molecule has 3 fully saturated rings. The summed E-state index contributed by atoms with van der Waals surface area (Å²) in [4.78, 5) is 0. The van der Waals surface area contributed by atoms with Gasteiger partial charge in [0, 0.05) is 7.11 Å². The van der Waals surface area contributed by atoms with Gasteiger partial charge in [-0.25, -0.2) is 0 Å². The van der Waals surface area contributed by atoms with E-state index < -0.39 is 6.72 Å². The first-order valence-electron chi connectivity index (χ1n) is 4.01. The molecule has 0 aromatic carbocycles. The van der Waals surface area contributed by atoms with Crippen molar-refractivity contribution in [3.63, 3.8) is 0 Å². The Morgan fingerprint density at radius 2 is 2.08 bits per heavy atom. The van der Waals surface area contributed by atoms with Gasteiger partial charge < -0.3 is 9.47 Å². The van der Waals surface area contributed by atoms with E-state index >= 15 is 0 Å². The first-order chi connectivity index (χ1) is 6.22. The van der Waals surface area contributed by atoms with Crippen LogP contribution in [0, 0.1) is 0 Å². The number of fused-ring (bicyclic) bond motifs is 1. The molecule has 0 amide bonds. The maximum absolute atomic E-state index is 5.48. The molecule has 0 radical (unpaired) electrons. The van der Waals surface area contributed by atoms with E-state index in [1.807, 2.05) is 0 Å². The van der Waals surface area contributed by atoms with E-state index in [0.29, 0.717) is 6.61 Å². The highest BCUT2D eigenvalue weighted by Gasteiger charge is 2.60. The average Bonchev–Trinajstić information content (AvgIpc) is 2.57. The second kappa shape index (κ2) is 2.73. The Balaban J connectivity index is 1.91. The molecular weight excluding hydrogens is 215 g/mol. The molecule has 0 saturated carbocycles. The predicted octanol–water partition coefficient (Wildman–Crippen LogP) is 0.396. The minimum absolute atomic E-state index is 0.0593. The Bertz CT molecular complexity index is 284. The number of rotatable bonds is 1. The van der Waals surface area contributed by atoms with Crippen molar-refractivity contribution >= 4 is 18.5 Å². The van der Waals surface area contributed by atoms with E-state index in [4.69, 9.17) is 34.9 Å². The smallest absolute Gasteiger partial charge is 0.328 e. The minimum Gasteiger partial charge on any atom is -0.353 e. The average molecular weight is 224 g/mol. The molecule has 3 saturated heterocycles. The zero-order valence-electron chi connectivity index (χ0n) is 6.91. The summed E-state index contributed by atoms with van der Waals surface area (Å²) in [5.41, 5.74) is 0. The Morgan fingerprint density at radius 1 is 1.31 bits per heavy atom. The molecule has 0 aromatic rings. The van der Waals surface area contributed by atoms with E-state index in [1.54, 1.807) is 7.11 Å². The van der Waals surface area contributed by atoms with Gasteiger partial charge in [0.15, 0.2) is 6.29 Å². The molecule has 3 aliphatic rings. The monoisotopic (exact) mass is 224 g/mol. The zero-order chi connectivity index (χ0) is 9.05. The highest BCUT2D eigenvalue weighted by molar-refractivity contribution is 8.07. The van der Waals surface area contributed by atoms with Crippen LogP contribution in [0.4, 0.5) is 0 Å². The molecule has 0 aromatic heterocycles. The van der Waals surface area contributed by atoms with Crippen LogP contribution in [0.2, 0.25) is 0 Å². The molecule has 3 rings (SSSR count). The minimum atomic E-state index is -2.43. The fraction of sp³-hybridized carbons (Fsp3) is 1.00. The van der Waals surface area contributed by atoms with Gasteiger partial charge in [0.2, 0.25) is 0 Å². The molecule has 5 atom stereocenters. The van der Waals surface area contributed by atoms with Crippen LogP contribution in [-0.4, -0.2) is 38.3 Å². The lowest BCUT2D eigenvalue weighted by molar-refractivity contribution is -0.233. The molecule has 0 spiro atoms. The Morgan fingerprint density at radius 3 is 2.77 bits per heavy atom. The molecule has 5 unspecified atom stereocenters. The molecule has 2 bridgehead atoms. The first kappa shape index (κ1) is 8.73.